The summed E-state index contributed by atoms with van der Waals surface area (Å²) in [7, 11) is 0. The van der Waals surface area contributed by atoms with Crippen molar-refractivity contribution in [2.75, 3.05) is 0 Å². The third-order valence-corrected chi connectivity index (χ3v) is 4.21. The lowest BCUT2D eigenvalue weighted by atomic mass is 9.69. The van der Waals surface area contributed by atoms with Crippen molar-refractivity contribution in [3.63, 3.8) is 0 Å². The zero-order valence-electron chi connectivity index (χ0n) is 11.2. The molecule has 1 saturated carbocycles. The number of nitrogens with zero attached hydrogens (tertiary/aromatic N) is 2. The summed E-state index contributed by atoms with van der Waals surface area (Å²) in [5.74, 6) is 0. The molecule has 2 N–H and O–H groups in total. The molecule has 1 heterocycles. The molecule has 0 bridgehead atoms. The van der Waals surface area contributed by atoms with Crippen molar-refractivity contribution in [1.29, 1.82) is 0 Å². The number of nitrogens with two attached hydrogens (primary N) is 1. The highest BCUT2D eigenvalue weighted by Gasteiger charge is 2.34. The van der Waals surface area contributed by atoms with Gasteiger partial charge in [-0.1, -0.05) is 33.1 Å². The van der Waals surface area contributed by atoms with E-state index in [0.717, 1.165) is 13.0 Å². The molecule has 17 heavy (non-hydrogen) atoms. The van der Waals surface area contributed by atoms with Gasteiger partial charge in [0.1, 0.15) is 0 Å². The van der Waals surface area contributed by atoms with Crippen molar-refractivity contribution >= 4 is 0 Å². The van der Waals surface area contributed by atoms with E-state index in [1.165, 1.54) is 37.7 Å². The molecule has 0 aliphatic heterocycles. The highest BCUT2D eigenvalue weighted by atomic mass is 15.3. The number of aryl methyl sites for hydroxylation is 1. The van der Waals surface area contributed by atoms with Gasteiger partial charge in [0.05, 0.1) is 6.20 Å². The van der Waals surface area contributed by atoms with Crippen LogP contribution in [0.25, 0.3) is 0 Å². The lowest BCUT2D eigenvalue weighted by Crippen LogP contribution is -2.33. The Morgan fingerprint density at radius 2 is 2.12 bits per heavy atom. The molecule has 2 rings (SSSR count). The maximum Gasteiger partial charge on any atom is 0.0537 e. The standard InChI is InChI=1S/C14H25N3/c1-3-9-17-11-12(10-16-17)13(15)14(2)7-5-4-6-8-14/h10-11,13H,3-9,15H2,1-2H3. The van der Waals surface area contributed by atoms with E-state index >= 15 is 0 Å². The van der Waals surface area contributed by atoms with Gasteiger partial charge in [0, 0.05) is 24.3 Å². The van der Waals surface area contributed by atoms with Crippen molar-refractivity contribution < 1.29 is 0 Å². The second kappa shape index (κ2) is 5.21. The van der Waals surface area contributed by atoms with Crippen molar-refractivity contribution in [3.05, 3.63) is 18.0 Å². The average molecular weight is 235 g/mol. The fourth-order valence-corrected chi connectivity index (χ4v) is 2.96. The van der Waals surface area contributed by atoms with Crippen molar-refractivity contribution in [1.82, 2.24) is 9.78 Å². The predicted molar refractivity (Wildman–Crippen MR) is 70.6 cm³/mol. The van der Waals surface area contributed by atoms with Gasteiger partial charge >= 0.3 is 0 Å². The van der Waals surface area contributed by atoms with Crippen LogP contribution in [0, 0.1) is 5.41 Å². The molecular formula is C14H25N3. The normalized spacial score (nSPS) is 21.4. The molecule has 1 aliphatic rings. The summed E-state index contributed by atoms with van der Waals surface area (Å²) in [5, 5.41) is 4.39. The van der Waals surface area contributed by atoms with E-state index in [9.17, 15) is 0 Å². The molecule has 0 saturated heterocycles. The van der Waals surface area contributed by atoms with Gasteiger partial charge in [0.15, 0.2) is 0 Å². The van der Waals surface area contributed by atoms with Crippen molar-refractivity contribution in [2.24, 2.45) is 11.1 Å². The maximum atomic E-state index is 6.46. The van der Waals surface area contributed by atoms with Gasteiger partial charge in [-0.05, 0) is 24.7 Å². The molecule has 96 valence electrons. The smallest absolute Gasteiger partial charge is 0.0537 e. The maximum absolute atomic E-state index is 6.46. The van der Waals surface area contributed by atoms with E-state index < -0.39 is 0 Å². The summed E-state index contributed by atoms with van der Waals surface area (Å²) in [4.78, 5) is 0. The van der Waals surface area contributed by atoms with Crippen LogP contribution < -0.4 is 5.73 Å². The molecule has 3 heteroatoms. The van der Waals surface area contributed by atoms with Crippen LogP contribution in [0.5, 0.6) is 0 Å². The first kappa shape index (κ1) is 12.6. The first-order valence-electron chi connectivity index (χ1n) is 6.93. The Morgan fingerprint density at radius 3 is 2.76 bits per heavy atom. The highest BCUT2D eigenvalue weighted by molar-refractivity contribution is 5.14. The number of hydrogen-bond donors (Lipinski definition) is 1. The van der Waals surface area contributed by atoms with Gasteiger partial charge in [-0.25, -0.2) is 0 Å². The topological polar surface area (TPSA) is 43.8 Å². The van der Waals surface area contributed by atoms with Crippen LogP contribution in [0.1, 0.15) is 64.0 Å². The predicted octanol–water partition coefficient (Wildman–Crippen LogP) is 3.26. The molecule has 0 amide bonds. The molecule has 1 aliphatic carbocycles. The number of rotatable bonds is 4. The van der Waals surface area contributed by atoms with E-state index in [0.29, 0.717) is 0 Å². The summed E-state index contributed by atoms with van der Waals surface area (Å²) in [6.45, 7) is 5.50. The lowest BCUT2D eigenvalue weighted by Gasteiger charge is -2.38. The summed E-state index contributed by atoms with van der Waals surface area (Å²) in [5.41, 5.74) is 7.95. The minimum absolute atomic E-state index is 0.147. The molecular weight excluding hydrogens is 210 g/mol. The second-order valence-corrected chi connectivity index (χ2v) is 5.73. The molecule has 1 aromatic heterocycles. The lowest BCUT2D eigenvalue weighted by molar-refractivity contribution is 0.170. The Kier molecular flexibility index (Phi) is 3.87. The van der Waals surface area contributed by atoms with Crippen molar-refractivity contribution in [3.8, 4) is 0 Å². The Bertz CT molecular complexity index is 350. The van der Waals surface area contributed by atoms with E-state index in [4.69, 9.17) is 5.73 Å². The number of hydrogen-bond acceptors (Lipinski definition) is 2. The molecule has 1 atom stereocenters. The Balaban J connectivity index is 2.09. The average Bonchev–Trinajstić information content (AvgIpc) is 2.78. The van der Waals surface area contributed by atoms with Crippen LogP contribution in [0.3, 0.4) is 0 Å². The highest BCUT2D eigenvalue weighted by Crippen LogP contribution is 2.44. The summed E-state index contributed by atoms with van der Waals surface area (Å²) in [6, 6.07) is 0.147. The summed E-state index contributed by atoms with van der Waals surface area (Å²) >= 11 is 0. The fourth-order valence-electron chi connectivity index (χ4n) is 2.96. The molecule has 0 spiro atoms. The number of aromatic nitrogens is 2. The zero-order valence-corrected chi connectivity index (χ0v) is 11.2. The van der Waals surface area contributed by atoms with Crippen LogP contribution >= 0.6 is 0 Å². The minimum atomic E-state index is 0.147. The first-order chi connectivity index (χ1) is 8.15. The van der Waals surface area contributed by atoms with Crippen molar-refractivity contribution in [2.45, 2.75) is 65.0 Å². The Labute approximate surface area is 104 Å². The molecule has 0 radical (unpaired) electrons. The Hall–Kier alpha value is -0.830. The van der Waals surface area contributed by atoms with Gasteiger partial charge in [-0.15, -0.1) is 0 Å². The molecule has 3 nitrogen and oxygen atoms in total. The van der Waals surface area contributed by atoms with Crippen LogP contribution in [0.4, 0.5) is 0 Å². The van der Waals surface area contributed by atoms with E-state index in [1.807, 2.05) is 10.9 Å². The van der Waals surface area contributed by atoms with Crippen LogP contribution in [0.2, 0.25) is 0 Å². The van der Waals surface area contributed by atoms with Gasteiger partial charge in [-0.3, -0.25) is 4.68 Å². The summed E-state index contributed by atoms with van der Waals surface area (Å²) < 4.78 is 2.02. The first-order valence-corrected chi connectivity index (χ1v) is 6.93. The molecule has 0 aromatic carbocycles. The van der Waals surface area contributed by atoms with Crippen LogP contribution in [-0.2, 0) is 6.54 Å². The third-order valence-electron chi connectivity index (χ3n) is 4.21. The second-order valence-electron chi connectivity index (χ2n) is 5.73. The Morgan fingerprint density at radius 1 is 1.41 bits per heavy atom. The van der Waals surface area contributed by atoms with Gasteiger partial charge in [-0.2, -0.15) is 5.10 Å². The quantitative estimate of drug-likeness (QED) is 0.870. The van der Waals surface area contributed by atoms with Crippen LogP contribution in [0.15, 0.2) is 12.4 Å². The van der Waals surface area contributed by atoms with E-state index in [2.05, 4.69) is 25.1 Å². The minimum Gasteiger partial charge on any atom is -0.323 e. The SMILES string of the molecule is CCCn1cc(C(N)C2(C)CCCCC2)cn1. The zero-order chi connectivity index (χ0) is 12.3. The van der Waals surface area contributed by atoms with Crippen LogP contribution in [-0.4, -0.2) is 9.78 Å². The largest absolute Gasteiger partial charge is 0.323 e. The van der Waals surface area contributed by atoms with Gasteiger partial charge < -0.3 is 5.73 Å². The third kappa shape index (κ3) is 2.71. The molecule has 1 unspecified atom stereocenters. The van der Waals surface area contributed by atoms with Gasteiger partial charge in [0.2, 0.25) is 0 Å². The van der Waals surface area contributed by atoms with Gasteiger partial charge in [0.25, 0.3) is 0 Å². The van der Waals surface area contributed by atoms with E-state index in [-0.39, 0.29) is 11.5 Å². The summed E-state index contributed by atoms with van der Waals surface area (Å²) in [6.07, 6.45) is 11.8. The fraction of sp³-hybridized carbons (Fsp3) is 0.786. The monoisotopic (exact) mass is 235 g/mol. The molecule has 1 aromatic rings. The molecule has 1 fully saturated rings. The van der Waals surface area contributed by atoms with E-state index in [1.54, 1.807) is 0 Å².